The van der Waals surface area contributed by atoms with E-state index in [0.717, 1.165) is 10.0 Å². The van der Waals surface area contributed by atoms with E-state index in [4.69, 9.17) is 0 Å². The molecule has 0 saturated carbocycles. The van der Waals surface area contributed by atoms with E-state index < -0.39 is 11.6 Å². The van der Waals surface area contributed by atoms with Gasteiger partial charge in [-0.25, -0.2) is 8.78 Å². The van der Waals surface area contributed by atoms with Gasteiger partial charge in [-0.1, -0.05) is 40.2 Å². The van der Waals surface area contributed by atoms with Crippen molar-refractivity contribution in [2.24, 2.45) is 0 Å². The molecule has 0 aliphatic carbocycles. The predicted molar refractivity (Wildman–Crippen MR) is 85.8 cm³/mol. The molecule has 2 rings (SSSR count). The molecule has 2 nitrogen and oxygen atoms in total. The van der Waals surface area contributed by atoms with Crippen LogP contribution in [0.25, 0.3) is 6.08 Å². The highest BCUT2D eigenvalue weighted by atomic mass is 79.9. The summed E-state index contributed by atoms with van der Waals surface area (Å²) in [5, 5.41) is 0. The Morgan fingerprint density at radius 1 is 1.14 bits per heavy atom. The minimum Gasteiger partial charge on any atom is -0.315 e. The Morgan fingerprint density at radius 3 is 2.36 bits per heavy atom. The van der Waals surface area contributed by atoms with Crippen LogP contribution in [0, 0.1) is 11.6 Å². The summed E-state index contributed by atoms with van der Waals surface area (Å²) in [4.78, 5) is 13.0. The molecule has 0 saturated heterocycles. The average molecular weight is 366 g/mol. The van der Waals surface area contributed by atoms with E-state index in [0.29, 0.717) is 0 Å². The van der Waals surface area contributed by atoms with Gasteiger partial charge in [0.25, 0.3) is 0 Å². The summed E-state index contributed by atoms with van der Waals surface area (Å²) in [6, 6.07) is 11.1. The molecule has 0 bridgehead atoms. The third-order valence-corrected chi connectivity index (χ3v) is 3.86. The first-order valence-corrected chi connectivity index (χ1v) is 7.41. The number of hydrogen-bond donors (Lipinski definition) is 0. The van der Waals surface area contributed by atoms with Crippen LogP contribution >= 0.6 is 15.9 Å². The summed E-state index contributed by atoms with van der Waals surface area (Å²) in [5.41, 5.74) is 0.734. The molecule has 1 amide bonds. The van der Waals surface area contributed by atoms with Gasteiger partial charge in [0, 0.05) is 23.2 Å². The van der Waals surface area contributed by atoms with Gasteiger partial charge < -0.3 is 4.90 Å². The first kappa shape index (κ1) is 16.4. The van der Waals surface area contributed by atoms with Gasteiger partial charge in [-0.2, -0.15) is 0 Å². The maximum Gasteiger partial charge on any atom is 0.223 e. The van der Waals surface area contributed by atoms with Gasteiger partial charge >= 0.3 is 0 Å². The van der Waals surface area contributed by atoms with Crippen LogP contribution in [0.5, 0.6) is 0 Å². The molecule has 0 N–H and O–H groups in total. The van der Waals surface area contributed by atoms with Crippen LogP contribution in [-0.2, 0) is 11.3 Å². The van der Waals surface area contributed by atoms with Crippen molar-refractivity contribution in [3.05, 3.63) is 75.9 Å². The summed E-state index contributed by atoms with van der Waals surface area (Å²) in [6.07, 6.45) is 3.23. The minimum atomic E-state index is -0.666. The summed E-state index contributed by atoms with van der Waals surface area (Å²) >= 11 is 3.40. The molecular weight excluding hydrogens is 352 g/mol. The second-order valence-corrected chi connectivity index (χ2v) is 5.54. The molecule has 22 heavy (non-hydrogen) atoms. The van der Waals surface area contributed by atoms with E-state index in [2.05, 4.69) is 15.9 Å². The van der Waals surface area contributed by atoms with Crippen molar-refractivity contribution < 1.29 is 13.6 Å². The van der Waals surface area contributed by atoms with Gasteiger partial charge in [-0.3, -0.25) is 4.79 Å². The normalized spacial score (nSPS) is 10.9. The Bertz CT molecular complexity index is 695. The number of nitrogens with zero attached hydrogens (tertiary/aromatic N) is 1. The first-order valence-electron chi connectivity index (χ1n) is 6.62. The van der Waals surface area contributed by atoms with Crippen molar-refractivity contribution in [2.75, 3.05) is 0 Å². The topological polar surface area (TPSA) is 20.3 Å². The zero-order valence-corrected chi connectivity index (χ0v) is 13.5. The zero-order chi connectivity index (χ0) is 16.1. The number of carbonyl (C=O) groups excluding carboxylic acids is 1. The van der Waals surface area contributed by atoms with Crippen LogP contribution in [-0.4, -0.2) is 10.8 Å². The fourth-order valence-corrected chi connectivity index (χ4v) is 2.32. The third kappa shape index (κ3) is 4.01. The van der Waals surface area contributed by atoms with Gasteiger partial charge in [0.15, 0.2) is 0 Å². The Morgan fingerprint density at radius 2 is 1.77 bits per heavy atom. The fraction of sp³-hybridized carbons (Fsp3) is 0.118. The van der Waals surface area contributed by atoms with Gasteiger partial charge in [-0.15, -0.1) is 0 Å². The quantitative estimate of drug-likeness (QED) is 0.765. The molecule has 0 heterocycles. The van der Waals surface area contributed by atoms with E-state index in [1.54, 1.807) is 6.08 Å². The summed E-state index contributed by atoms with van der Waals surface area (Å²) in [5.74, 6) is -1.63. The van der Waals surface area contributed by atoms with Gasteiger partial charge in [-0.05, 0) is 29.8 Å². The summed E-state index contributed by atoms with van der Waals surface area (Å²) in [6.45, 7) is 1.19. The molecule has 2 aromatic rings. The van der Waals surface area contributed by atoms with Crippen LogP contribution < -0.4 is 0 Å². The highest BCUT2D eigenvalue weighted by Crippen LogP contribution is 2.19. The minimum absolute atomic E-state index is 0.130. The molecule has 2 aromatic carbocycles. The molecule has 0 unspecified atom stereocenters. The highest BCUT2D eigenvalue weighted by Gasteiger charge is 2.14. The van der Waals surface area contributed by atoms with Crippen molar-refractivity contribution in [1.29, 1.82) is 0 Å². The number of benzene rings is 2. The standard InChI is InChI=1S/C17H14BrF2NO/c1-12(22)21(10-9-13-5-2-3-6-15(13)18)11-14-16(19)7-4-8-17(14)20/h2-10H,11H2,1H3/b10-9+. The van der Waals surface area contributed by atoms with Crippen LogP contribution in [0.3, 0.4) is 0 Å². The largest absolute Gasteiger partial charge is 0.315 e. The molecule has 0 radical (unpaired) electrons. The molecule has 0 atom stereocenters. The van der Waals surface area contributed by atoms with E-state index in [9.17, 15) is 13.6 Å². The summed E-state index contributed by atoms with van der Waals surface area (Å²) in [7, 11) is 0. The lowest BCUT2D eigenvalue weighted by molar-refractivity contribution is -0.126. The zero-order valence-electron chi connectivity index (χ0n) is 11.9. The van der Waals surface area contributed by atoms with Gasteiger partial charge in [0.1, 0.15) is 11.6 Å². The Kier molecular flexibility index (Phi) is 5.44. The first-order chi connectivity index (χ1) is 10.5. The number of carbonyl (C=O) groups is 1. The van der Waals surface area contributed by atoms with Crippen LogP contribution in [0.1, 0.15) is 18.1 Å². The molecule has 5 heteroatoms. The van der Waals surface area contributed by atoms with Crippen molar-refractivity contribution in [3.63, 3.8) is 0 Å². The van der Waals surface area contributed by atoms with Crippen molar-refractivity contribution in [1.82, 2.24) is 4.90 Å². The number of halogens is 3. The predicted octanol–water partition coefficient (Wildman–Crippen LogP) is 4.75. The molecule has 0 aliphatic heterocycles. The molecular formula is C17H14BrF2NO. The smallest absolute Gasteiger partial charge is 0.223 e. The highest BCUT2D eigenvalue weighted by molar-refractivity contribution is 9.10. The Labute approximate surface area is 136 Å². The molecule has 114 valence electrons. The second-order valence-electron chi connectivity index (χ2n) is 4.68. The van der Waals surface area contributed by atoms with E-state index in [1.165, 1.54) is 36.2 Å². The third-order valence-electron chi connectivity index (χ3n) is 3.13. The fourth-order valence-electron chi connectivity index (χ4n) is 1.90. The van der Waals surface area contributed by atoms with E-state index in [1.807, 2.05) is 24.3 Å². The van der Waals surface area contributed by atoms with Gasteiger partial charge in [0.05, 0.1) is 6.54 Å². The molecule has 0 aliphatic rings. The lowest BCUT2D eigenvalue weighted by Gasteiger charge is -2.17. The monoisotopic (exact) mass is 365 g/mol. The Balaban J connectivity index is 2.25. The lowest BCUT2D eigenvalue weighted by Crippen LogP contribution is -2.23. The van der Waals surface area contributed by atoms with Crippen molar-refractivity contribution in [3.8, 4) is 0 Å². The maximum atomic E-state index is 13.7. The van der Waals surface area contributed by atoms with Gasteiger partial charge in [0.2, 0.25) is 5.91 Å². The molecule has 0 fully saturated rings. The number of amides is 1. The van der Waals surface area contributed by atoms with Crippen LogP contribution in [0.2, 0.25) is 0 Å². The van der Waals surface area contributed by atoms with Crippen molar-refractivity contribution >= 4 is 27.9 Å². The average Bonchev–Trinajstić information content (AvgIpc) is 2.47. The molecule has 0 aromatic heterocycles. The number of hydrogen-bond acceptors (Lipinski definition) is 1. The SMILES string of the molecule is CC(=O)N(/C=C/c1ccccc1Br)Cc1c(F)cccc1F. The number of rotatable bonds is 4. The van der Waals surface area contributed by atoms with Crippen molar-refractivity contribution in [2.45, 2.75) is 13.5 Å². The maximum absolute atomic E-state index is 13.7. The second kappa shape index (κ2) is 7.31. The van der Waals surface area contributed by atoms with Crippen LogP contribution in [0.4, 0.5) is 8.78 Å². The van der Waals surface area contributed by atoms with E-state index >= 15 is 0 Å². The molecule has 0 spiro atoms. The van der Waals surface area contributed by atoms with Crippen LogP contribution in [0.15, 0.2) is 53.1 Å². The summed E-state index contributed by atoms with van der Waals surface area (Å²) < 4.78 is 28.3. The van der Waals surface area contributed by atoms with E-state index in [-0.39, 0.29) is 18.0 Å². The Hall–Kier alpha value is -2.01. The lowest BCUT2D eigenvalue weighted by atomic mass is 10.2.